The number of likely N-dealkylation sites (tertiary alicyclic amines) is 1. The minimum atomic E-state index is 0.181. The number of rotatable bonds is 2. The van der Waals surface area contributed by atoms with Crippen molar-refractivity contribution in [1.29, 1.82) is 0 Å². The fourth-order valence-electron chi connectivity index (χ4n) is 4.39. The average molecular weight is 330 g/mol. The molecule has 24 heavy (non-hydrogen) atoms. The summed E-state index contributed by atoms with van der Waals surface area (Å²) < 4.78 is 5.38. The monoisotopic (exact) mass is 330 g/mol. The summed E-state index contributed by atoms with van der Waals surface area (Å²) in [4.78, 5) is 26.0. The standard InChI is InChI=1S/C18H26N4O2/c1-12-13(2)19-11-20-17(12)21-7-15-9-22(10-16(15)8-21)18(23)14-3-5-24-6-4-14/h11,14-16H,3-10H2,1-2H3. The van der Waals surface area contributed by atoms with Gasteiger partial charge in [-0.05, 0) is 26.7 Å². The molecule has 2 unspecified atom stereocenters. The smallest absolute Gasteiger partial charge is 0.225 e. The van der Waals surface area contributed by atoms with E-state index in [2.05, 4.69) is 26.7 Å². The summed E-state index contributed by atoms with van der Waals surface area (Å²) in [7, 11) is 0. The predicted octanol–water partition coefficient (Wildman–Crippen LogP) is 1.41. The third kappa shape index (κ3) is 2.77. The summed E-state index contributed by atoms with van der Waals surface area (Å²) in [5.41, 5.74) is 2.22. The SMILES string of the molecule is Cc1ncnc(N2CC3CN(C(=O)C4CCOCC4)CC3C2)c1C. The highest BCUT2D eigenvalue weighted by molar-refractivity contribution is 5.79. The molecule has 0 N–H and O–H groups in total. The van der Waals surface area contributed by atoms with Crippen molar-refractivity contribution in [2.24, 2.45) is 17.8 Å². The van der Waals surface area contributed by atoms with Gasteiger partial charge in [0.1, 0.15) is 12.1 Å². The molecule has 0 aliphatic carbocycles. The van der Waals surface area contributed by atoms with Crippen molar-refractivity contribution in [2.45, 2.75) is 26.7 Å². The lowest BCUT2D eigenvalue weighted by atomic mass is 9.99. The topological polar surface area (TPSA) is 58.6 Å². The Labute approximate surface area is 143 Å². The van der Waals surface area contributed by atoms with Crippen molar-refractivity contribution in [3.63, 3.8) is 0 Å². The Morgan fingerprint density at radius 2 is 1.75 bits per heavy atom. The first-order chi connectivity index (χ1) is 11.6. The van der Waals surface area contributed by atoms with E-state index in [0.29, 0.717) is 17.7 Å². The van der Waals surface area contributed by atoms with Gasteiger partial charge in [0.05, 0.1) is 0 Å². The molecule has 0 spiro atoms. The molecule has 1 amide bonds. The van der Waals surface area contributed by atoms with Gasteiger partial charge in [0.25, 0.3) is 0 Å². The van der Waals surface area contributed by atoms with Crippen LogP contribution in [-0.2, 0) is 9.53 Å². The van der Waals surface area contributed by atoms with Crippen LogP contribution in [0.5, 0.6) is 0 Å². The molecular formula is C18H26N4O2. The Kier molecular flexibility index (Phi) is 4.16. The van der Waals surface area contributed by atoms with Crippen molar-refractivity contribution < 1.29 is 9.53 Å². The van der Waals surface area contributed by atoms with Gasteiger partial charge < -0.3 is 14.5 Å². The minimum Gasteiger partial charge on any atom is -0.381 e. The van der Waals surface area contributed by atoms with Gasteiger partial charge in [0, 0.05) is 68.4 Å². The number of fused-ring (bicyclic) bond motifs is 1. The van der Waals surface area contributed by atoms with Gasteiger partial charge in [-0.1, -0.05) is 0 Å². The van der Waals surface area contributed by atoms with Gasteiger partial charge in [-0.25, -0.2) is 9.97 Å². The first-order valence-electron chi connectivity index (χ1n) is 9.03. The minimum absolute atomic E-state index is 0.181. The number of amides is 1. The van der Waals surface area contributed by atoms with Crippen molar-refractivity contribution in [1.82, 2.24) is 14.9 Å². The second-order valence-electron chi connectivity index (χ2n) is 7.46. The van der Waals surface area contributed by atoms with Crippen molar-refractivity contribution in [3.05, 3.63) is 17.6 Å². The van der Waals surface area contributed by atoms with E-state index in [4.69, 9.17) is 4.74 Å². The van der Waals surface area contributed by atoms with E-state index in [1.54, 1.807) is 6.33 Å². The molecule has 0 saturated carbocycles. The molecule has 2 atom stereocenters. The Bertz CT molecular complexity index is 615. The predicted molar refractivity (Wildman–Crippen MR) is 90.8 cm³/mol. The maximum Gasteiger partial charge on any atom is 0.225 e. The lowest BCUT2D eigenvalue weighted by molar-refractivity contribution is -0.137. The van der Waals surface area contributed by atoms with Crippen LogP contribution in [0.25, 0.3) is 0 Å². The highest BCUT2D eigenvalue weighted by Gasteiger charge is 2.43. The van der Waals surface area contributed by atoms with Crippen LogP contribution >= 0.6 is 0 Å². The molecule has 0 radical (unpaired) electrons. The Hall–Kier alpha value is -1.69. The Morgan fingerprint density at radius 1 is 1.08 bits per heavy atom. The fraction of sp³-hybridized carbons (Fsp3) is 0.722. The largest absolute Gasteiger partial charge is 0.381 e. The summed E-state index contributed by atoms with van der Waals surface area (Å²) in [6.07, 6.45) is 3.43. The Balaban J connectivity index is 1.40. The molecule has 3 fully saturated rings. The number of nitrogens with zero attached hydrogens (tertiary/aromatic N) is 4. The molecule has 6 heteroatoms. The zero-order valence-electron chi connectivity index (χ0n) is 14.6. The molecule has 3 saturated heterocycles. The lowest BCUT2D eigenvalue weighted by Gasteiger charge is -2.28. The van der Waals surface area contributed by atoms with Crippen molar-refractivity contribution in [2.75, 3.05) is 44.3 Å². The van der Waals surface area contributed by atoms with Gasteiger partial charge in [-0.3, -0.25) is 4.79 Å². The summed E-state index contributed by atoms with van der Waals surface area (Å²) in [5.74, 6) is 2.75. The van der Waals surface area contributed by atoms with E-state index >= 15 is 0 Å². The molecule has 6 nitrogen and oxygen atoms in total. The van der Waals surface area contributed by atoms with Crippen molar-refractivity contribution >= 4 is 11.7 Å². The highest BCUT2D eigenvalue weighted by atomic mass is 16.5. The van der Waals surface area contributed by atoms with E-state index in [-0.39, 0.29) is 5.92 Å². The summed E-state index contributed by atoms with van der Waals surface area (Å²) >= 11 is 0. The molecule has 1 aromatic heterocycles. The van der Waals surface area contributed by atoms with Crippen LogP contribution in [-0.4, -0.2) is 60.2 Å². The number of aromatic nitrogens is 2. The lowest BCUT2D eigenvalue weighted by Crippen LogP contribution is -2.39. The number of carbonyl (C=O) groups excluding carboxylic acids is 1. The molecule has 1 aromatic rings. The maximum atomic E-state index is 12.7. The third-order valence-corrected chi connectivity index (χ3v) is 5.98. The van der Waals surface area contributed by atoms with E-state index in [0.717, 1.165) is 63.7 Å². The molecule has 3 aliphatic rings. The average Bonchev–Trinajstić information content (AvgIpc) is 3.16. The van der Waals surface area contributed by atoms with E-state index in [1.807, 2.05) is 6.92 Å². The quantitative estimate of drug-likeness (QED) is 0.821. The number of hydrogen-bond donors (Lipinski definition) is 0. The maximum absolute atomic E-state index is 12.7. The van der Waals surface area contributed by atoms with E-state index < -0.39 is 0 Å². The normalized spacial score (nSPS) is 27.6. The van der Waals surface area contributed by atoms with Gasteiger partial charge >= 0.3 is 0 Å². The van der Waals surface area contributed by atoms with E-state index in [9.17, 15) is 4.79 Å². The molecule has 0 bridgehead atoms. The molecule has 4 rings (SSSR count). The number of carbonyl (C=O) groups is 1. The van der Waals surface area contributed by atoms with Crippen molar-refractivity contribution in [3.8, 4) is 0 Å². The molecular weight excluding hydrogens is 304 g/mol. The Morgan fingerprint density at radius 3 is 2.42 bits per heavy atom. The van der Waals surface area contributed by atoms with Crippen LogP contribution < -0.4 is 4.90 Å². The van der Waals surface area contributed by atoms with Crippen LogP contribution in [0.2, 0.25) is 0 Å². The number of ether oxygens (including phenoxy) is 1. The van der Waals surface area contributed by atoms with E-state index in [1.165, 1.54) is 5.56 Å². The molecule has 0 aromatic carbocycles. The van der Waals surface area contributed by atoms with Gasteiger partial charge in [-0.2, -0.15) is 0 Å². The zero-order valence-corrected chi connectivity index (χ0v) is 14.6. The van der Waals surface area contributed by atoms with Crippen LogP contribution in [0.1, 0.15) is 24.1 Å². The number of anilines is 1. The first-order valence-corrected chi connectivity index (χ1v) is 9.03. The zero-order chi connectivity index (χ0) is 16.7. The van der Waals surface area contributed by atoms with Crippen LogP contribution in [0.4, 0.5) is 5.82 Å². The van der Waals surface area contributed by atoms with Crippen LogP contribution in [0.15, 0.2) is 6.33 Å². The molecule has 130 valence electrons. The molecule has 4 heterocycles. The number of hydrogen-bond acceptors (Lipinski definition) is 5. The first kappa shape index (κ1) is 15.8. The second-order valence-corrected chi connectivity index (χ2v) is 7.46. The summed E-state index contributed by atoms with van der Waals surface area (Å²) in [5, 5.41) is 0. The van der Waals surface area contributed by atoms with Gasteiger partial charge in [0.2, 0.25) is 5.91 Å². The summed E-state index contributed by atoms with van der Waals surface area (Å²) in [6.45, 7) is 9.40. The van der Waals surface area contributed by atoms with Gasteiger partial charge in [-0.15, -0.1) is 0 Å². The molecule has 3 aliphatic heterocycles. The fourth-order valence-corrected chi connectivity index (χ4v) is 4.39. The summed E-state index contributed by atoms with van der Waals surface area (Å²) in [6, 6.07) is 0. The highest BCUT2D eigenvalue weighted by Crippen LogP contribution is 2.35. The van der Waals surface area contributed by atoms with Gasteiger partial charge in [0.15, 0.2) is 0 Å². The third-order valence-electron chi connectivity index (χ3n) is 5.98. The van der Waals surface area contributed by atoms with Crippen LogP contribution in [0, 0.1) is 31.6 Å². The number of aryl methyl sites for hydroxylation is 1. The van der Waals surface area contributed by atoms with Crippen LogP contribution in [0.3, 0.4) is 0 Å². The second kappa shape index (κ2) is 6.31.